The number of rotatable bonds is 6. The number of nitrogens with zero attached hydrogens (tertiary/aromatic N) is 3. The minimum absolute atomic E-state index is 0.0810. The van der Waals surface area contributed by atoms with E-state index in [1.807, 2.05) is 14.1 Å². The highest BCUT2D eigenvalue weighted by Gasteiger charge is 2.26. The average Bonchev–Trinajstić information content (AvgIpc) is 3.40. The number of anilines is 1. The first-order chi connectivity index (χ1) is 12.7. The Kier molecular flexibility index (Phi) is 4.96. The van der Waals surface area contributed by atoms with Gasteiger partial charge in [-0.3, -0.25) is 5.32 Å². The lowest BCUT2D eigenvalue weighted by atomic mass is 10.2. The number of benzene rings is 1. The molecule has 136 valence electrons. The van der Waals surface area contributed by atoms with Crippen molar-refractivity contribution in [3.05, 3.63) is 48.2 Å². The van der Waals surface area contributed by atoms with Crippen LogP contribution in [0.2, 0.25) is 0 Å². The summed E-state index contributed by atoms with van der Waals surface area (Å²) in [4.78, 5) is 2.08. The molecule has 0 aliphatic carbocycles. The summed E-state index contributed by atoms with van der Waals surface area (Å²) in [6.07, 6.45) is 1.57. The van der Waals surface area contributed by atoms with Crippen LogP contribution in [-0.4, -0.2) is 42.7 Å². The molecule has 26 heavy (non-hydrogen) atoms. The number of hydrogen-bond donors (Lipinski definition) is 1. The average molecular weight is 372 g/mol. The summed E-state index contributed by atoms with van der Waals surface area (Å²) in [7, 11) is 4.06. The van der Waals surface area contributed by atoms with E-state index in [-0.39, 0.29) is 12.3 Å². The molecule has 1 fully saturated rings. The van der Waals surface area contributed by atoms with E-state index in [4.69, 9.17) is 13.6 Å². The zero-order valence-corrected chi connectivity index (χ0v) is 15.4. The Bertz CT molecular complexity index is 833. The number of nitrogens with one attached hydrogen (secondary N) is 1. The van der Waals surface area contributed by atoms with Gasteiger partial charge >= 0.3 is 0 Å². The zero-order valence-electron chi connectivity index (χ0n) is 14.6. The van der Waals surface area contributed by atoms with Gasteiger partial charge in [-0.05, 0) is 29.8 Å². The monoisotopic (exact) mass is 372 g/mol. The third kappa shape index (κ3) is 3.77. The topological polar surface area (TPSA) is 76.6 Å². The molecule has 1 aliphatic rings. The fraction of sp³-hybridized carbons (Fsp3) is 0.333. The third-order valence-electron chi connectivity index (χ3n) is 4.10. The molecule has 0 saturated carbocycles. The second kappa shape index (κ2) is 7.53. The summed E-state index contributed by atoms with van der Waals surface area (Å²) >= 11 is 1.49. The fourth-order valence-electron chi connectivity index (χ4n) is 2.70. The molecule has 1 N–H and O–H groups in total. The molecule has 0 unspecified atom stereocenters. The summed E-state index contributed by atoms with van der Waals surface area (Å²) in [5, 5.41) is 12.0. The predicted octanol–water partition coefficient (Wildman–Crippen LogP) is 3.17. The lowest BCUT2D eigenvalue weighted by Crippen LogP contribution is -2.16. The largest absolute Gasteiger partial charge is 0.459 e. The van der Waals surface area contributed by atoms with Crippen LogP contribution in [0.15, 0.2) is 56.7 Å². The maximum Gasteiger partial charge on any atom is 0.284 e. The molecule has 7 nitrogen and oxygen atoms in total. The van der Waals surface area contributed by atoms with Gasteiger partial charge in [0.2, 0.25) is 0 Å². The summed E-state index contributed by atoms with van der Waals surface area (Å²) < 4.78 is 16.9. The minimum atomic E-state index is -0.0850. The normalized spacial score (nSPS) is 19.8. The second-order valence-corrected chi connectivity index (χ2v) is 7.17. The highest BCUT2D eigenvalue weighted by Crippen LogP contribution is 2.28. The van der Waals surface area contributed by atoms with Crippen LogP contribution in [0.5, 0.6) is 0 Å². The van der Waals surface area contributed by atoms with E-state index >= 15 is 0 Å². The van der Waals surface area contributed by atoms with E-state index in [1.165, 1.54) is 17.4 Å². The van der Waals surface area contributed by atoms with Crippen molar-refractivity contribution in [1.82, 2.24) is 15.5 Å². The number of aromatic nitrogens is 2. The van der Waals surface area contributed by atoms with Crippen LogP contribution in [0.1, 0.15) is 11.8 Å². The van der Waals surface area contributed by atoms with E-state index < -0.39 is 0 Å². The van der Waals surface area contributed by atoms with E-state index in [1.54, 1.807) is 18.4 Å². The lowest BCUT2D eigenvalue weighted by Gasteiger charge is -2.16. The Labute approximate surface area is 155 Å². The predicted molar refractivity (Wildman–Crippen MR) is 99.1 cm³/mol. The highest BCUT2D eigenvalue weighted by molar-refractivity contribution is 7.99. The molecule has 1 aromatic carbocycles. The molecule has 2 aromatic heterocycles. The smallest absolute Gasteiger partial charge is 0.284 e. The summed E-state index contributed by atoms with van der Waals surface area (Å²) in [5.74, 6) is 1.70. The molecule has 4 rings (SSSR count). The first-order valence-corrected chi connectivity index (χ1v) is 9.34. The molecular weight excluding hydrogens is 352 g/mol. The number of thioether (sulfide) groups is 1. The van der Waals surface area contributed by atoms with Crippen LogP contribution in [0.25, 0.3) is 11.7 Å². The molecule has 0 bridgehead atoms. The quantitative estimate of drug-likeness (QED) is 0.661. The Morgan fingerprint density at radius 1 is 1.19 bits per heavy atom. The van der Waals surface area contributed by atoms with Gasteiger partial charge in [0.15, 0.2) is 5.76 Å². The van der Waals surface area contributed by atoms with Crippen LogP contribution < -0.4 is 10.2 Å². The number of furan rings is 1. The SMILES string of the molecule is CN(C)c1ccc([C@H]2NC[C@@H](CSc3nnc(-c4ccco4)o3)O2)cc1. The standard InChI is InChI=1S/C18H20N4O3S/c1-22(2)13-7-5-12(6-8-13)16-19-10-14(24-16)11-26-18-21-20-17(25-18)15-4-3-9-23-15/h3-9,14,16,19H,10-11H2,1-2H3/t14-,16-/m0/s1. The van der Waals surface area contributed by atoms with Crippen molar-refractivity contribution < 1.29 is 13.6 Å². The Hall–Kier alpha value is -2.29. The maximum atomic E-state index is 6.09. The van der Waals surface area contributed by atoms with E-state index in [9.17, 15) is 0 Å². The van der Waals surface area contributed by atoms with Crippen molar-refractivity contribution in [3.63, 3.8) is 0 Å². The molecular formula is C18H20N4O3S. The minimum Gasteiger partial charge on any atom is -0.459 e. The van der Waals surface area contributed by atoms with E-state index in [0.717, 1.165) is 17.9 Å². The lowest BCUT2D eigenvalue weighted by molar-refractivity contribution is 0.0534. The molecule has 1 saturated heterocycles. The molecule has 0 radical (unpaired) electrons. The van der Waals surface area contributed by atoms with Gasteiger partial charge in [0, 0.05) is 32.1 Å². The van der Waals surface area contributed by atoms with Crippen molar-refractivity contribution in [2.45, 2.75) is 17.6 Å². The molecule has 3 aromatic rings. The van der Waals surface area contributed by atoms with Gasteiger partial charge < -0.3 is 18.5 Å². The molecule has 8 heteroatoms. The maximum absolute atomic E-state index is 6.09. The van der Waals surface area contributed by atoms with Gasteiger partial charge in [-0.2, -0.15) is 0 Å². The molecule has 0 amide bonds. The van der Waals surface area contributed by atoms with Crippen molar-refractivity contribution in [3.8, 4) is 11.7 Å². The van der Waals surface area contributed by atoms with Crippen LogP contribution >= 0.6 is 11.8 Å². The third-order valence-corrected chi connectivity index (χ3v) is 5.05. The Morgan fingerprint density at radius 2 is 2.04 bits per heavy atom. The fourth-order valence-corrected chi connectivity index (χ4v) is 3.46. The van der Waals surface area contributed by atoms with Crippen molar-refractivity contribution in [2.75, 3.05) is 31.3 Å². The summed E-state index contributed by atoms with van der Waals surface area (Å²) in [6, 6.07) is 12.0. The van der Waals surface area contributed by atoms with Gasteiger partial charge in [-0.15, -0.1) is 10.2 Å². The number of hydrogen-bond acceptors (Lipinski definition) is 8. The first-order valence-electron chi connectivity index (χ1n) is 8.35. The van der Waals surface area contributed by atoms with Crippen molar-refractivity contribution in [2.24, 2.45) is 0 Å². The van der Waals surface area contributed by atoms with E-state index in [2.05, 4.69) is 44.7 Å². The first kappa shape index (κ1) is 17.1. The molecule has 2 atom stereocenters. The van der Waals surface area contributed by atoms with Crippen molar-refractivity contribution >= 4 is 17.4 Å². The number of ether oxygens (including phenoxy) is 1. The van der Waals surface area contributed by atoms with Gasteiger partial charge in [-0.25, -0.2) is 0 Å². The Balaban J connectivity index is 1.30. The second-order valence-electron chi connectivity index (χ2n) is 6.19. The summed E-state index contributed by atoms with van der Waals surface area (Å²) in [5.41, 5.74) is 2.30. The van der Waals surface area contributed by atoms with E-state index in [0.29, 0.717) is 16.9 Å². The van der Waals surface area contributed by atoms with Crippen LogP contribution in [-0.2, 0) is 4.74 Å². The molecule has 1 aliphatic heterocycles. The molecule has 3 heterocycles. The van der Waals surface area contributed by atoms with Crippen LogP contribution in [0.3, 0.4) is 0 Å². The highest BCUT2D eigenvalue weighted by atomic mass is 32.2. The van der Waals surface area contributed by atoms with Gasteiger partial charge in [-0.1, -0.05) is 23.9 Å². The van der Waals surface area contributed by atoms with Gasteiger partial charge in [0.1, 0.15) is 6.23 Å². The van der Waals surface area contributed by atoms with Crippen molar-refractivity contribution in [1.29, 1.82) is 0 Å². The van der Waals surface area contributed by atoms with Crippen LogP contribution in [0, 0.1) is 0 Å². The van der Waals surface area contributed by atoms with Gasteiger partial charge in [0.25, 0.3) is 11.1 Å². The summed E-state index contributed by atoms with van der Waals surface area (Å²) in [6.45, 7) is 0.784. The Morgan fingerprint density at radius 3 is 2.77 bits per heavy atom. The zero-order chi connectivity index (χ0) is 17.9. The van der Waals surface area contributed by atoms with Crippen LogP contribution in [0.4, 0.5) is 5.69 Å². The van der Waals surface area contributed by atoms with Gasteiger partial charge in [0.05, 0.1) is 12.4 Å². The molecule has 0 spiro atoms.